The summed E-state index contributed by atoms with van der Waals surface area (Å²) < 4.78 is 5.39. The van der Waals surface area contributed by atoms with Gasteiger partial charge in [0.2, 0.25) is 0 Å². The highest BCUT2D eigenvalue weighted by Crippen LogP contribution is 2.44. The predicted octanol–water partition coefficient (Wildman–Crippen LogP) is 1.74. The van der Waals surface area contributed by atoms with Crippen molar-refractivity contribution in [2.75, 3.05) is 26.3 Å². The Bertz CT molecular complexity index is 276. The Balaban J connectivity index is 2.18. The van der Waals surface area contributed by atoms with E-state index in [2.05, 4.69) is 11.8 Å². The van der Waals surface area contributed by atoms with Crippen LogP contribution in [0.2, 0.25) is 0 Å². The van der Waals surface area contributed by atoms with Crippen molar-refractivity contribution in [3.63, 3.8) is 0 Å². The number of carboxylic acids is 1. The van der Waals surface area contributed by atoms with Crippen LogP contribution in [0.5, 0.6) is 0 Å². The van der Waals surface area contributed by atoms with Crippen LogP contribution < -0.4 is 0 Å². The molecule has 98 valence electrons. The molecule has 2 unspecified atom stereocenters. The molecule has 1 saturated carbocycles. The smallest absolute Gasteiger partial charge is 0.305 e. The first-order valence-corrected chi connectivity index (χ1v) is 6.73. The van der Waals surface area contributed by atoms with Gasteiger partial charge in [-0.05, 0) is 18.8 Å². The summed E-state index contributed by atoms with van der Waals surface area (Å²) in [6.07, 6.45) is 4.78. The van der Waals surface area contributed by atoms with Crippen molar-refractivity contribution < 1.29 is 14.6 Å². The molecule has 0 spiro atoms. The Morgan fingerprint density at radius 3 is 2.76 bits per heavy atom. The molecule has 1 heterocycles. The fourth-order valence-electron chi connectivity index (χ4n) is 3.74. The number of nitrogens with zero attached hydrogens (tertiary/aromatic N) is 1. The van der Waals surface area contributed by atoms with Gasteiger partial charge < -0.3 is 9.84 Å². The number of aliphatic carboxylic acids is 1. The van der Waals surface area contributed by atoms with Crippen molar-refractivity contribution in [3.8, 4) is 0 Å². The summed E-state index contributed by atoms with van der Waals surface area (Å²) in [5.74, 6) is -0.117. The van der Waals surface area contributed by atoms with Gasteiger partial charge in [0.1, 0.15) is 0 Å². The number of carboxylic acid groups (broad SMARTS) is 1. The van der Waals surface area contributed by atoms with E-state index < -0.39 is 5.97 Å². The van der Waals surface area contributed by atoms with E-state index in [1.54, 1.807) is 0 Å². The summed E-state index contributed by atoms with van der Waals surface area (Å²) in [6, 6.07) is 0. The third kappa shape index (κ3) is 2.47. The van der Waals surface area contributed by atoms with Gasteiger partial charge in [-0.1, -0.05) is 19.8 Å². The lowest BCUT2D eigenvalue weighted by Crippen LogP contribution is -2.56. The number of hydrogen-bond acceptors (Lipinski definition) is 3. The average molecular weight is 241 g/mol. The average Bonchev–Trinajstić information content (AvgIpc) is 2.73. The fourth-order valence-corrected chi connectivity index (χ4v) is 3.74. The first-order chi connectivity index (χ1) is 8.19. The highest BCUT2D eigenvalue weighted by Gasteiger charge is 2.47. The molecule has 0 bridgehead atoms. The Morgan fingerprint density at radius 1 is 1.47 bits per heavy atom. The van der Waals surface area contributed by atoms with Crippen molar-refractivity contribution in [1.82, 2.24) is 4.90 Å². The third-order valence-corrected chi connectivity index (χ3v) is 4.51. The molecule has 1 N–H and O–H groups in total. The number of hydrogen-bond donors (Lipinski definition) is 1. The largest absolute Gasteiger partial charge is 0.481 e. The molecule has 1 saturated heterocycles. The van der Waals surface area contributed by atoms with Crippen LogP contribution in [-0.2, 0) is 9.53 Å². The van der Waals surface area contributed by atoms with E-state index in [0.29, 0.717) is 12.3 Å². The SMILES string of the molecule is CCC1CCCC1(CC(=O)O)N1CCOCC1. The maximum Gasteiger partial charge on any atom is 0.305 e. The minimum absolute atomic E-state index is 0.0929. The molecule has 2 aliphatic rings. The number of carbonyl (C=O) groups is 1. The number of rotatable bonds is 4. The van der Waals surface area contributed by atoms with Crippen molar-refractivity contribution in [1.29, 1.82) is 0 Å². The zero-order valence-corrected chi connectivity index (χ0v) is 10.7. The lowest BCUT2D eigenvalue weighted by atomic mass is 9.80. The molecular formula is C13H23NO3. The second-order valence-corrected chi connectivity index (χ2v) is 5.27. The first-order valence-electron chi connectivity index (χ1n) is 6.73. The van der Waals surface area contributed by atoms with E-state index in [9.17, 15) is 9.90 Å². The van der Waals surface area contributed by atoms with Gasteiger partial charge in [0.25, 0.3) is 0 Å². The molecule has 2 rings (SSSR count). The molecule has 17 heavy (non-hydrogen) atoms. The van der Waals surface area contributed by atoms with Crippen LogP contribution in [0.1, 0.15) is 39.0 Å². The summed E-state index contributed by atoms with van der Waals surface area (Å²) in [6.45, 7) is 5.47. The quantitative estimate of drug-likeness (QED) is 0.814. The van der Waals surface area contributed by atoms with Crippen LogP contribution in [0.15, 0.2) is 0 Å². The molecule has 0 aromatic rings. The van der Waals surface area contributed by atoms with Crippen molar-refractivity contribution in [2.45, 2.75) is 44.6 Å². The van der Waals surface area contributed by atoms with Gasteiger partial charge in [0.15, 0.2) is 0 Å². The standard InChI is InChI=1S/C13H23NO3/c1-2-11-4-3-5-13(11,10-12(15)16)14-6-8-17-9-7-14/h11H,2-10H2,1H3,(H,15,16). The molecule has 0 radical (unpaired) electrons. The van der Waals surface area contributed by atoms with E-state index >= 15 is 0 Å². The van der Waals surface area contributed by atoms with Crippen molar-refractivity contribution in [3.05, 3.63) is 0 Å². The van der Waals surface area contributed by atoms with E-state index in [-0.39, 0.29) is 5.54 Å². The number of ether oxygens (including phenoxy) is 1. The van der Waals surface area contributed by atoms with Crippen molar-refractivity contribution >= 4 is 5.97 Å². The van der Waals surface area contributed by atoms with E-state index in [4.69, 9.17) is 4.74 Å². The number of morpholine rings is 1. The van der Waals surface area contributed by atoms with Gasteiger partial charge in [-0.3, -0.25) is 9.69 Å². The third-order valence-electron chi connectivity index (χ3n) is 4.51. The highest BCUT2D eigenvalue weighted by atomic mass is 16.5. The van der Waals surface area contributed by atoms with Crippen LogP contribution in [0.3, 0.4) is 0 Å². The van der Waals surface area contributed by atoms with Gasteiger partial charge in [-0.15, -0.1) is 0 Å². The van der Waals surface area contributed by atoms with E-state index in [1.807, 2.05) is 0 Å². The maximum atomic E-state index is 11.2. The maximum absolute atomic E-state index is 11.2. The zero-order valence-electron chi connectivity index (χ0n) is 10.7. The molecule has 0 amide bonds. The van der Waals surface area contributed by atoms with Crippen LogP contribution in [0, 0.1) is 5.92 Å². The van der Waals surface area contributed by atoms with Gasteiger partial charge in [0, 0.05) is 18.6 Å². The lowest BCUT2D eigenvalue weighted by molar-refractivity contribution is -0.143. The van der Waals surface area contributed by atoms with Gasteiger partial charge in [-0.2, -0.15) is 0 Å². The second-order valence-electron chi connectivity index (χ2n) is 5.27. The Morgan fingerprint density at radius 2 is 2.18 bits per heavy atom. The molecule has 1 aliphatic heterocycles. The van der Waals surface area contributed by atoms with Gasteiger partial charge in [-0.25, -0.2) is 0 Å². The summed E-state index contributed by atoms with van der Waals surface area (Å²) in [4.78, 5) is 13.6. The molecule has 0 aromatic carbocycles. The normalized spacial score (nSPS) is 35.0. The van der Waals surface area contributed by atoms with E-state index in [0.717, 1.165) is 39.1 Å². The highest BCUT2D eigenvalue weighted by molar-refractivity contribution is 5.68. The molecule has 0 aromatic heterocycles. The minimum Gasteiger partial charge on any atom is -0.481 e. The predicted molar refractivity (Wildman–Crippen MR) is 65.0 cm³/mol. The summed E-state index contributed by atoms with van der Waals surface area (Å²) in [7, 11) is 0. The van der Waals surface area contributed by atoms with Crippen molar-refractivity contribution in [2.24, 2.45) is 5.92 Å². The molecule has 2 atom stereocenters. The van der Waals surface area contributed by atoms with Crippen LogP contribution >= 0.6 is 0 Å². The monoisotopic (exact) mass is 241 g/mol. The summed E-state index contributed by atoms with van der Waals surface area (Å²) >= 11 is 0. The summed E-state index contributed by atoms with van der Waals surface area (Å²) in [5, 5.41) is 9.23. The van der Waals surface area contributed by atoms with Crippen LogP contribution in [0.4, 0.5) is 0 Å². The second kappa shape index (κ2) is 5.36. The summed E-state index contributed by atoms with van der Waals surface area (Å²) in [5.41, 5.74) is -0.0929. The molecule has 4 nitrogen and oxygen atoms in total. The fraction of sp³-hybridized carbons (Fsp3) is 0.923. The van der Waals surface area contributed by atoms with Gasteiger partial charge >= 0.3 is 5.97 Å². The molecule has 4 heteroatoms. The Labute approximate surface area is 103 Å². The van der Waals surface area contributed by atoms with Crippen LogP contribution in [-0.4, -0.2) is 47.8 Å². The Hall–Kier alpha value is -0.610. The topological polar surface area (TPSA) is 49.8 Å². The lowest BCUT2D eigenvalue weighted by Gasteiger charge is -2.46. The first kappa shape index (κ1) is 12.8. The van der Waals surface area contributed by atoms with Gasteiger partial charge in [0.05, 0.1) is 19.6 Å². The Kier molecular flexibility index (Phi) is 4.05. The zero-order chi connectivity index (χ0) is 12.3. The van der Waals surface area contributed by atoms with Crippen LogP contribution in [0.25, 0.3) is 0 Å². The molecular weight excluding hydrogens is 218 g/mol. The van der Waals surface area contributed by atoms with E-state index in [1.165, 1.54) is 12.8 Å². The molecule has 1 aliphatic carbocycles. The minimum atomic E-state index is -0.656. The molecule has 2 fully saturated rings.